The van der Waals surface area contributed by atoms with Crippen molar-refractivity contribution < 1.29 is 19.1 Å². The summed E-state index contributed by atoms with van der Waals surface area (Å²) in [6, 6.07) is 4.54. The van der Waals surface area contributed by atoms with Gasteiger partial charge < -0.3 is 25.0 Å². The molecule has 1 aliphatic rings. The number of morpholine rings is 1. The molecule has 0 aliphatic carbocycles. The van der Waals surface area contributed by atoms with Crippen LogP contribution in [0.15, 0.2) is 18.2 Å². The number of hydrogen-bond acceptors (Lipinski definition) is 4. The molecular weight excluding hydrogens is 322 g/mol. The van der Waals surface area contributed by atoms with Crippen LogP contribution in [-0.2, 0) is 9.53 Å². The lowest BCUT2D eigenvalue weighted by atomic mass is 10.2. The Hall–Kier alpha value is -2.28. The smallest absolute Gasteiger partial charge is 0.319 e. The Balaban J connectivity index is 1.93. The van der Waals surface area contributed by atoms with E-state index in [0.717, 1.165) is 12.0 Å². The molecule has 1 aromatic carbocycles. The third kappa shape index (κ3) is 5.63. The Morgan fingerprint density at radius 2 is 2.04 bits per heavy atom. The number of carbonyl (C=O) groups excluding carboxylic acids is 2. The zero-order chi connectivity index (χ0) is 18.2. The van der Waals surface area contributed by atoms with Gasteiger partial charge in [-0.1, -0.05) is 13.0 Å². The fraction of sp³-hybridized carbons (Fsp3) is 0.556. The van der Waals surface area contributed by atoms with Crippen LogP contribution in [0, 0.1) is 6.92 Å². The van der Waals surface area contributed by atoms with Crippen molar-refractivity contribution in [2.24, 2.45) is 0 Å². The van der Waals surface area contributed by atoms with Crippen molar-refractivity contribution in [1.82, 2.24) is 10.2 Å². The van der Waals surface area contributed by atoms with Crippen LogP contribution in [0.1, 0.15) is 25.8 Å². The fourth-order valence-corrected chi connectivity index (χ4v) is 2.54. The molecule has 2 rings (SSSR count). The monoisotopic (exact) mass is 349 g/mol. The minimum absolute atomic E-state index is 0.107. The quantitative estimate of drug-likeness (QED) is 0.825. The highest BCUT2D eigenvalue weighted by atomic mass is 16.5. The lowest BCUT2D eigenvalue weighted by Gasteiger charge is -2.29. The fourth-order valence-electron chi connectivity index (χ4n) is 2.54. The number of anilines is 1. The minimum atomic E-state index is -0.608. The maximum absolute atomic E-state index is 12.3. The van der Waals surface area contributed by atoms with E-state index in [9.17, 15) is 9.59 Å². The van der Waals surface area contributed by atoms with Crippen molar-refractivity contribution in [3.8, 4) is 5.75 Å². The molecule has 1 saturated heterocycles. The van der Waals surface area contributed by atoms with E-state index in [1.807, 2.05) is 26.0 Å². The normalized spacial score (nSPS) is 15.4. The number of rotatable bonds is 6. The lowest BCUT2D eigenvalue weighted by Crippen LogP contribution is -2.51. The average Bonchev–Trinajstić information content (AvgIpc) is 2.61. The van der Waals surface area contributed by atoms with Gasteiger partial charge in [-0.25, -0.2) is 4.79 Å². The standard InChI is InChI=1S/C18H27N3O4/c1-4-9-25-16-12-13(2)5-6-15(16)20-18(23)19-14(3)17(22)21-7-10-24-11-8-21/h5-6,12,14H,4,7-11H2,1-3H3,(H2,19,20,23). The van der Waals surface area contributed by atoms with Crippen molar-refractivity contribution in [3.63, 3.8) is 0 Å². The van der Waals surface area contributed by atoms with Crippen LogP contribution in [0.25, 0.3) is 0 Å². The minimum Gasteiger partial charge on any atom is -0.491 e. The van der Waals surface area contributed by atoms with E-state index in [4.69, 9.17) is 9.47 Å². The highest BCUT2D eigenvalue weighted by Crippen LogP contribution is 2.25. The Bertz CT molecular complexity index is 600. The van der Waals surface area contributed by atoms with Gasteiger partial charge in [0.2, 0.25) is 5.91 Å². The summed E-state index contributed by atoms with van der Waals surface area (Å²) in [6.07, 6.45) is 0.880. The Kier molecular flexibility index (Phi) is 7.06. The van der Waals surface area contributed by atoms with E-state index in [1.165, 1.54) is 0 Å². The molecule has 1 aromatic rings. The molecule has 138 valence electrons. The predicted octanol–water partition coefficient (Wildman–Crippen LogP) is 2.15. The molecule has 0 bridgehead atoms. The van der Waals surface area contributed by atoms with Crippen LogP contribution < -0.4 is 15.4 Å². The summed E-state index contributed by atoms with van der Waals surface area (Å²) in [5.74, 6) is 0.522. The molecule has 3 amide bonds. The second-order valence-electron chi connectivity index (χ2n) is 6.11. The van der Waals surface area contributed by atoms with Crippen molar-refractivity contribution in [3.05, 3.63) is 23.8 Å². The second-order valence-corrected chi connectivity index (χ2v) is 6.11. The number of carbonyl (C=O) groups is 2. The van der Waals surface area contributed by atoms with Crippen molar-refractivity contribution in [2.75, 3.05) is 38.2 Å². The van der Waals surface area contributed by atoms with E-state index < -0.39 is 12.1 Å². The van der Waals surface area contributed by atoms with Crippen LogP contribution >= 0.6 is 0 Å². The molecule has 0 radical (unpaired) electrons. The molecule has 2 N–H and O–H groups in total. The highest BCUT2D eigenvalue weighted by molar-refractivity contribution is 5.94. The van der Waals surface area contributed by atoms with Gasteiger partial charge >= 0.3 is 6.03 Å². The van der Waals surface area contributed by atoms with Gasteiger partial charge in [-0.15, -0.1) is 0 Å². The molecule has 1 fully saturated rings. The van der Waals surface area contributed by atoms with Crippen molar-refractivity contribution in [1.29, 1.82) is 0 Å². The molecule has 0 aromatic heterocycles. The zero-order valence-electron chi connectivity index (χ0n) is 15.1. The summed E-state index contributed by atoms with van der Waals surface area (Å²) >= 11 is 0. The summed E-state index contributed by atoms with van der Waals surface area (Å²) in [7, 11) is 0. The zero-order valence-corrected chi connectivity index (χ0v) is 15.1. The summed E-state index contributed by atoms with van der Waals surface area (Å²) in [6.45, 7) is 8.42. The number of benzene rings is 1. The molecule has 1 unspecified atom stereocenters. The first-order chi connectivity index (χ1) is 12.0. The number of urea groups is 1. The van der Waals surface area contributed by atoms with Gasteiger partial charge in [-0.3, -0.25) is 4.79 Å². The van der Waals surface area contributed by atoms with Crippen LogP contribution in [0.3, 0.4) is 0 Å². The Morgan fingerprint density at radius 3 is 2.72 bits per heavy atom. The first-order valence-corrected chi connectivity index (χ1v) is 8.68. The molecular formula is C18H27N3O4. The molecule has 1 aliphatic heterocycles. The van der Waals surface area contributed by atoms with E-state index in [0.29, 0.717) is 44.3 Å². The average molecular weight is 349 g/mol. The summed E-state index contributed by atoms with van der Waals surface area (Å²) in [4.78, 5) is 26.3. The van der Waals surface area contributed by atoms with Gasteiger partial charge in [0.15, 0.2) is 0 Å². The molecule has 25 heavy (non-hydrogen) atoms. The third-order valence-electron chi connectivity index (χ3n) is 3.89. The molecule has 1 atom stereocenters. The number of hydrogen-bond donors (Lipinski definition) is 2. The van der Waals surface area contributed by atoms with Crippen LogP contribution in [-0.4, -0.2) is 55.8 Å². The second kappa shape index (κ2) is 9.27. The molecule has 7 heteroatoms. The topological polar surface area (TPSA) is 79.9 Å². The van der Waals surface area contributed by atoms with Crippen LogP contribution in [0.2, 0.25) is 0 Å². The number of ether oxygens (including phenoxy) is 2. The van der Waals surface area contributed by atoms with Crippen LogP contribution in [0.5, 0.6) is 5.75 Å². The maximum atomic E-state index is 12.3. The van der Waals surface area contributed by atoms with Crippen molar-refractivity contribution in [2.45, 2.75) is 33.2 Å². The Morgan fingerprint density at radius 1 is 1.32 bits per heavy atom. The molecule has 0 spiro atoms. The SMILES string of the molecule is CCCOc1cc(C)ccc1NC(=O)NC(C)C(=O)N1CCOCC1. The summed E-state index contributed by atoms with van der Waals surface area (Å²) < 4.78 is 10.9. The first-order valence-electron chi connectivity index (χ1n) is 8.68. The Labute approximate surface area is 148 Å². The number of nitrogens with one attached hydrogen (secondary N) is 2. The van der Waals surface area contributed by atoms with Gasteiger partial charge in [0.25, 0.3) is 0 Å². The lowest BCUT2D eigenvalue weighted by molar-refractivity contribution is -0.136. The molecule has 0 saturated carbocycles. The van der Waals surface area contributed by atoms with E-state index in [-0.39, 0.29) is 5.91 Å². The number of aryl methyl sites for hydroxylation is 1. The van der Waals surface area contributed by atoms with Gasteiger partial charge in [-0.2, -0.15) is 0 Å². The van der Waals surface area contributed by atoms with Gasteiger partial charge in [0, 0.05) is 13.1 Å². The largest absolute Gasteiger partial charge is 0.491 e. The first kappa shape index (κ1) is 19.1. The molecule has 1 heterocycles. The van der Waals surface area contributed by atoms with Gasteiger partial charge in [0.1, 0.15) is 11.8 Å². The molecule has 7 nitrogen and oxygen atoms in total. The van der Waals surface area contributed by atoms with E-state index in [1.54, 1.807) is 17.9 Å². The summed E-state index contributed by atoms with van der Waals surface area (Å²) in [5, 5.41) is 5.45. The summed E-state index contributed by atoms with van der Waals surface area (Å²) in [5.41, 5.74) is 1.63. The maximum Gasteiger partial charge on any atom is 0.319 e. The third-order valence-corrected chi connectivity index (χ3v) is 3.89. The van der Waals surface area contributed by atoms with Crippen molar-refractivity contribution >= 4 is 17.6 Å². The van der Waals surface area contributed by atoms with Gasteiger partial charge in [0.05, 0.1) is 25.5 Å². The number of amides is 3. The van der Waals surface area contributed by atoms with E-state index >= 15 is 0 Å². The van der Waals surface area contributed by atoms with E-state index in [2.05, 4.69) is 10.6 Å². The highest BCUT2D eigenvalue weighted by Gasteiger charge is 2.23. The van der Waals surface area contributed by atoms with Crippen LogP contribution in [0.4, 0.5) is 10.5 Å². The predicted molar refractivity (Wildman–Crippen MR) is 96.0 cm³/mol. The number of nitrogens with zero attached hydrogens (tertiary/aromatic N) is 1. The van der Waals surface area contributed by atoms with Gasteiger partial charge in [-0.05, 0) is 38.0 Å².